The molecule has 1 amide bonds. The SMILES string of the molecule is NNC(=O)CCCCc1ccc(F)c(F)c1. The number of nitrogens with one attached hydrogen (secondary N) is 1. The van der Waals surface area contributed by atoms with E-state index in [0.717, 1.165) is 18.1 Å². The number of nitrogens with two attached hydrogens (primary N) is 1. The summed E-state index contributed by atoms with van der Waals surface area (Å²) in [4.78, 5) is 10.8. The average Bonchev–Trinajstić information content (AvgIpc) is 2.28. The van der Waals surface area contributed by atoms with Crippen LogP contribution in [0.1, 0.15) is 24.8 Å². The number of hydrogen-bond acceptors (Lipinski definition) is 2. The van der Waals surface area contributed by atoms with Crippen LogP contribution < -0.4 is 11.3 Å². The largest absolute Gasteiger partial charge is 0.294 e. The minimum Gasteiger partial charge on any atom is -0.294 e. The number of amides is 1. The average molecular weight is 228 g/mol. The maximum absolute atomic E-state index is 12.8. The van der Waals surface area contributed by atoms with Crippen LogP contribution >= 0.6 is 0 Å². The zero-order valence-electron chi connectivity index (χ0n) is 8.80. The molecule has 0 spiro atoms. The van der Waals surface area contributed by atoms with E-state index in [1.807, 2.05) is 5.43 Å². The van der Waals surface area contributed by atoms with Gasteiger partial charge in [-0.15, -0.1) is 0 Å². The van der Waals surface area contributed by atoms with Crippen LogP contribution in [0.25, 0.3) is 0 Å². The quantitative estimate of drug-likeness (QED) is 0.348. The first kappa shape index (κ1) is 12.6. The maximum atomic E-state index is 12.8. The molecule has 1 aromatic carbocycles. The summed E-state index contributed by atoms with van der Waals surface area (Å²) in [5, 5.41) is 0. The van der Waals surface area contributed by atoms with Gasteiger partial charge in [-0.3, -0.25) is 10.2 Å². The third-order valence-corrected chi connectivity index (χ3v) is 2.26. The van der Waals surface area contributed by atoms with Gasteiger partial charge < -0.3 is 0 Å². The number of hydrazine groups is 1. The van der Waals surface area contributed by atoms with Gasteiger partial charge in [0, 0.05) is 6.42 Å². The fourth-order valence-electron chi connectivity index (χ4n) is 1.38. The Morgan fingerprint density at radius 2 is 2.00 bits per heavy atom. The monoisotopic (exact) mass is 228 g/mol. The lowest BCUT2D eigenvalue weighted by molar-refractivity contribution is -0.121. The van der Waals surface area contributed by atoms with E-state index in [0.29, 0.717) is 19.3 Å². The molecule has 88 valence electrons. The second kappa shape index (κ2) is 6.17. The first-order valence-electron chi connectivity index (χ1n) is 5.07. The molecule has 0 aromatic heterocycles. The fraction of sp³-hybridized carbons (Fsp3) is 0.364. The summed E-state index contributed by atoms with van der Waals surface area (Å²) < 4.78 is 25.4. The smallest absolute Gasteiger partial charge is 0.233 e. The number of benzene rings is 1. The van der Waals surface area contributed by atoms with Crippen molar-refractivity contribution in [1.29, 1.82) is 0 Å². The molecule has 3 nitrogen and oxygen atoms in total. The topological polar surface area (TPSA) is 55.1 Å². The van der Waals surface area contributed by atoms with Crippen molar-refractivity contribution in [2.75, 3.05) is 0 Å². The first-order chi connectivity index (χ1) is 7.63. The Labute approximate surface area is 92.6 Å². The minimum atomic E-state index is -0.841. The summed E-state index contributed by atoms with van der Waals surface area (Å²) in [6.07, 6.45) is 2.37. The van der Waals surface area contributed by atoms with Gasteiger partial charge >= 0.3 is 0 Å². The third kappa shape index (κ3) is 3.94. The molecule has 1 aromatic rings. The van der Waals surface area contributed by atoms with E-state index >= 15 is 0 Å². The summed E-state index contributed by atoms with van der Waals surface area (Å²) in [5.74, 6) is 3.02. The van der Waals surface area contributed by atoms with E-state index in [-0.39, 0.29) is 5.91 Å². The molecular formula is C11H14F2N2O. The lowest BCUT2D eigenvalue weighted by Crippen LogP contribution is -2.29. The van der Waals surface area contributed by atoms with E-state index in [4.69, 9.17) is 5.84 Å². The molecule has 0 aliphatic heterocycles. The number of rotatable bonds is 5. The van der Waals surface area contributed by atoms with Crippen molar-refractivity contribution in [3.63, 3.8) is 0 Å². The molecule has 5 heteroatoms. The molecule has 0 heterocycles. The Morgan fingerprint density at radius 3 is 2.62 bits per heavy atom. The van der Waals surface area contributed by atoms with Crippen LogP contribution in [0.15, 0.2) is 18.2 Å². The van der Waals surface area contributed by atoms with Gasteiger partial charge in [-0.2, -0.15) is 0 Å². The highest BCUT2D eigenvalue weighted by atomic mass is 19.2. The van der Waals surface area contributed by atoms with E-state index in [1.54, 1.807) is 6.07 Å². The highest BCUT2D eigenvalue weighted by Crippen LogP contribution is 2.11. The van der Waals surface area contributed by atoms with E-state index in [2.05, 4.69) is 0 Å². The minimum absolute atomic E-state index is 0.217. The molecule has 3 N–H and O–H groups in total. The molecule has 0 unspecified atom stereocenters. The lowest BCUT2D eigenvalue weighted by atomic mass is 10.1. The van der Waals surface area contributed by atoms with E-state index < -0.39 is 11.6 Å². The van der Waals surface area contributed by atoms with Crippen LogP contribution in [0, 0.1) is 11.6 Å². The summed E-state index contributed by atoms with van der Waals surface area (Å²) in [6, 6.07) is 3.83. The van der Waals surface area contributed by atoms with Crippen molar-refractivity contribution in [1.82, 2.24) is 5.43 Å². The summed E-state index contributed by atoms with van der Waals surface area (Å²) in [5.41, 5.74) is 2.76. The number of hydrogen-bond donors (Lipinski definition) is 2. The Morgan fingerprint density at radius 1 is 1.25 bits per heavy atom. The van der Waals surface area contributed by atoms with Crippen molar-refractivity contribution in [3.05, 3.63) is 35.4 Å². The van der Waals surface area contributed by atoms with Gasteiger partial charge in [-0.25, -0.2) is 14.6 Å². The molecular weight excluding hydrogens is 214 g/mol. The predicted molar refractivity (Wildman–Crippen MR) is 56.2 cm³/mol. The molecule has 16 heavy (non-hydrogen) atoms. The van der Waals surface area contributed by atoms with Crippen molar-refractivity contribution >= 4 is 5.91 Å². The van der Waals surface area contributed by atoms with Crippen LogP contribution in [0.4, 0.5) is 8.78 Å². The van der Waals surface area contributed by atoms with Gasteiger partial charge in [-0.05, 0) is 37.0 Å². The molecule has 0 fully saturated rings. The number of halogens is 2. The summed E-state index contributed by atoms with van der Waals surface area (Å²) in [6.45, 7) is 0. The fourth-order valence-corrected chi connectivity index (χ4v) is 1.38. The highest BCUT2D eigenvalue weighted by molar-refractivity contribution is 5.75. The second-order valence-corrected chi connectivity index (χ2v) is 3.52. The van der Waals surface area contributed by atoms with E-state index in [1.165, 1.54) is 6.07 Å². The van der Waals surface area contributed by atoms with Gasteiger partial charge in [-0.1, -0.05) is 6.07 Å². The molecule has 1 rings (SSSR count). The van der Waals surface area contributed by atoms with Crippen LogP contribution in [0.5, 0.6) is 0 Å². The van der Waals surface area contributed by atoms with Gasteiger partial charge in [0.1, 0.15) is 0 Å². The Hall–Kier alpha value is -1.49. The lowest BCUT2D eigenvalue weighted by Gasteiger charge is -2.02. The van der Waals surface area contributed by atoms with Gasteiger partial charge in [0.05, 0.1) is 0 Å². The van der Waals surface area contributed by atoms with Crippen molar-refractivity contribution in [2.45, 2.75) is 25.7 Å². The Balaban J connectivity index is 2.32. The van der Waals surface area contributed by atoms with E-state index in [9.17, 15) is 13.6 Å². The first-order valence-corrected chi connectivity index (χ1v) is 5.07. The number of carbonyl (C=O) groups is 1. The molecule has 0 atom stereocenters. The van der Waals surface area contributed by atoms with Gasteiger partial charge in [0.2, 0.25) is 5.91 Å². The number of aryl methyl sites for hydroxylation is 1. The molecule has 0 radical (unpaired) electrons. The van der Waals surface area contributed by atoms with Crippen molar-refractivity contribution in [2.24, 2.45) is 5.84 Å². The van der Waals surface area contributed by atoms with Crippen LogP contribution in [0.3, 0.4) is 0 Å². The zero-order chi connectivity index (χ0) is 12.0. The maximum Gasteiger partial charge on any atom is 0.233 e. The zero-order valence-corrected chi connectivity index (χ0v) is 8.80. The summed E-state index contributed by atoms with van der Waals surface area (Å²) in [7, 11) is 0. The van der Waals surface area contributed by atoms with Gasteiger partial charge in [0.25, 0.3) is 0 Å². The molecule has 0 bridgehead atoms. The number of unbranched alkanes of at least 4 members (excludes halogenated alkanes) is 1. The number of carbonyl (C=O) groups excluding carboxylic acids is 1. The molecule has 0 aliphatic carbocycles. The molecule has 0 saturated heterocycles. The van der Waals surface area contributed by atoms with Crippen molar-refractivity contribution < 1.29 is 13.6 Å². The van der Waals surface area contributed by atoms with Gasteiger partial charge in [0.15, 0.2) is 11.6 Å². The standard InChI is InChI=1S/C11H14F2N2O/c12-9-6-5-8(7-10(9)13)3-1-2-4-11(16)15-14/h5-7H,1-4,14H2,(H,15,16). The Kier molecular flexibility index (Phi) is 4.85. The van der Waals surface area contributed by atoms with Crippen LogP contribution in [0.2, 0.25) is 0 Å². The molecule has 0 aliphatic rings. The van der Waals surface area contributed by atoms with Crippen molar-refractivity contribution in [3.8, 4) is 0 Å². The predicted octanol–water partition coefficient (Wildman–Crippen LogP) is 1.67. The molecule has 0 saturated carbocycles. The van der Waals surface area contributed by atoms with Crippen LogP contribution in [-0.2, 0) is 11.2 Å². The highest BCUT2D eigenvalue weighted by Gasteiger charge is 2.03. The summed E-state index contributed by atoms with van der Waals surface area (Å²) >= 11 is 0. The van der Waals surface area contributed by atoms with Crippen LogP contribution in [-0.4, -0.2) is 5.91 Å². The Bertz CT molecular complexity index is 369. The normalized spacial score (nSPS) is 10.2. The third-order valence-electron chi connectivity index (χ3n) is 2.26. The second-order valence-electron chi connectivity index (χ2n) is 3.52.